The van der Waals surface area contributed by atoms with E-state index in [1.807, 2.05) is 0 Å². The van der Waals surface area contributed by atoms with Crippen LogP contribution in [0, 0.1) is 28.9 Å². The van der Waals surface area contributed by atoms with Crippen molar-refractivity contribution in [3.8, 4) is 6.07 Å². The lowest BCUT2D eigenvalue weighted by atomic mass is 9.79. The Bertz CT molecular complexity index is 436. The third kappa shape index (κ3) is 2.46. The van der Waals surface area contributed by atoms with Gasteiger partial charge in [0.25, 0.3) is 0 Å². The van der Waals surface area contributed by atoms with Gasteiger partial charge < -0.3 is 0 Å². The Morgan fingerprint density at radius 3 is 2.18 bits per heavy atom. The van der Waals surface area contributed by atoms with Crippen LogP contribution in [0.1, 0.15) is 51.1 Å². The Balaban J connectivity index is 0.00000162. The second-order valence-corrected chi connectivity index (χ2v) is 4.93. The minimum absolute atomic E-state index is 0. The summed E-state index contributed by atoms with van der Waals surface area (Å²) >= 11 is 0. The molecule has 0 atom stereocenters. The number of nitriles is 1. The largest absolute Gasteiger partial charge is 0.205 e. The first-order chi connectivity index (χ1) is 8.11. The van der Waals surface area contributed by atoms with Gasteiger partial charge >= 0.3 is 0 Å². The van der Waals surface area contributed by atoms with Crippen LogP contribution in [-0.2, 0) is 0 Å². The Morgan fingerprint density at radius 2 is 1.71 bits per heavy atom. The van der Waals surface area contributed by atoms with Crippen molar-refractivity contribution in [1.29, 1.82) is 5.26 Å². The van der Waals surface area contributed by atoms with Crippen LogP contribution >= 0.6 is 0 Å². The topological polar surface area (TPSA) is 23.8 Å². The molecule has 0 unspecified atom stereocenters. The van der Waals surface area contributed by atoms with Crippen molar-refractivity contribution in [1.82, 2.24) is 0 Å². The molecule has 0 bridgehead atoms. The first kappa shape index (κ1) is 12.0. The molecule has 0 radical (unpaired) electrons. The van der Waals surface area contributed by atoms with Crippen LogP contribution < -0.4 is 0 Å². The molecular formula is C14H17F2N. The smallest absolute Gasteiger partial charge is 0.144 e. The number of nitrogens with zero attached hydrogens (tertiary/aromatic N) is 1. The molecule has 1 nitrogen and oxygen atoms in total. The molecule has 3 heteroatoms. The fraction of sp³-hybridized carbons (Fsp3) is 0.500. The van der Waals surface area contributed by atoms with Gasteiger partial charge in [0.05, 0.1) is 0 Å². The molecule has 0 aliphatic heterocycles. The third-order valence-electron chi connectivity index (χ3n) is 3.66. The van der Waals surface area contributed by atoms with Crippen molar-refractivity contribution in [3.05, 3.63) is 34.9 Å². The summed E-state index contributed by atoms with van der Waals surface area (Å²) in [6.45, 7) is 2.20. The predicted octanol–water partition coefficient (Wildman–Crippen LogP) is 4.38. The molecule has 0 heterocycles. The SMILES string of the molecule is CC1CCC(c2cc(F)c(C#N)c(F)c2)CC1.[HH]. The van der Waals surface area contributed by atoms with Gasteiger partial charge in [-0.3, -0.25) is 0 Å². The number of hydrogen-bond donors (Lipinski definition) is 0. The highest BCUT2D eigenvalue weighted by atomic mass is 19.1. The van der Waals surface area contributed by atoms with Crippen molar-refractivity contribution in [3.63, 3.8) is 0 Å². The molecule has 1 saturated carbocycles. The van der Waals surface area contributed by atoms with Crippen molar-refractivity contribution >= 4 is 0 Å². The van der Waals surface area contributed by atoms with E-state index < -0.39 is 17.2 Å². The number of benzene rings is 1. The van der Waals surface area contributed by atoms with Gasteiger partial charge in [-0.25, -0.2) is 8.78 Å². The van der Waals surface area contributed by atoms with Crippen LogP contribution in [0.15, 0.2) is 12.1 Å². The van der Waals surface area contributed by atoms with E-state index in [0.29, 0.717) is 11.5 Å². The molecule has 92 valence electrons. The number of rotatable bonds is 1. The molecule has 0 saturated heterocycles. The van der Waals surface area contributed by atoms with Gasteiger partial charge in [-0.15, -0.1) is 0 Å². The fourth-order valence-electron chi connectivity index (χ4n) is 2.53. The second-order valence-electron chi connectivity index (χ2n) is 4.93. The summed E-state index contributed by atoms with van der Waals surface area (Å²) in [6, 6.07) is 4.19. The van der Waals surface area contributed by atoms with E-state index in [2.05, 4.69) is 6.92 Å². The van der Waals surface area contributed by atoms with Crippen molar-refractivity contribution in [2.45, 2.75) is 38.5 Å². The summed E-state index contributed by atoms with van der Waals surface area (Å²) in [5.41, 5.74) is 0.226. The van der Waals surface area contributed by atoms with E-state index in [1.54, 1.807) is 6.07 Å². The maximum Gasteiger partial charge on any atom is 0.144 e. The lowest BCUT2D eigenvalue weighted by Crippen LogP contribution is -2.11. The fourth-order valence-corrected chi connectivity index (χ4v) is 2.53. The maximum atomic E-state index is 13.5. The Kier molecular flexibility index (Phi) is 3.42. The molecule has 1 aliphatic carbocycles. The van der Waals surface area contributed by atoms with Gasteiger partial charge in [-0.05, 0) is 42.4 Å². The lowest BCUT2D eigenvalue weighted by molar-refractivity contribution is 0.346. The zero-order valence-corrected chi connectivity index (χ0v) is 9.84. The minimum Gasteiger partial charge on any atom is -0.205 e. The predicted molar refractivity (Wildman–Crippen MR) is 63.6 cm³/mol. The molecule has 2 rings (SSSR count). The zero-order chi connectivity index (χ0) is 12.4. The summed E-state index contributed by atoms with van der Waals surface area (Å²) in [6.07, 6.45) is 4.17. The van der Waals surface area contributed by atoms with E-state index in [1.165, 1.54) is 12.1 Å². The highest BCUT2D eigenvalue weighted by Gasteiger charge is 2.22. The summed E-state index contributed by atoms with van der Waals surface area (Å²) in [4.78, 5) is 0. The van der Waals surface area contributed by atoms with Crippen LogP contribution in [0.25, 0.3) is 0 Å². The number of halogens is 2. The molecule has 0 spiro atoms. The molecule has 1 aromatic carbocycles. The van der Waals surface area contributed by atoms with Gasteiger partial charge in [-0.2, -0.15) is 5.26 Å². The molecule has 1 aromatic rings. The molecule has 1 fully saturated rings. The third-order valence-corrected chi connectivity index (χ3v) is 3.66. The average molecular weight is 237 g/mol. The Hall–Kier alpha value is -1.43. The van der Waals surface area contributed by atoms with Crippen LogP contribution in [0.2, 0.25) is 0 Å². The van der Waals surface area contributed by atoms with Gasteiger partial charge in [0.15, 0.2) is 0 Å². The molecule has 1 aliphatic rings. The Morgan fingerprint density at radius 1 is 1.18 bits per heavy atom. The quantitative estimate of drug-likeness (QED) is 0.711. The van der Waals surface area contributed by atoms with Crippen molar-refractivity contribution < 1.29 is 10.2 Å². The highest BCUT2D eigenvalue weighted by molar-refractivity contribution is 5.36. The molecule has 0 N–H and O–H groups in total. The van der Waals surface area contributed by atoms with E-state index in [4.69, 9.17) is 5.26 Å². The number of hydrogen-bond acceptors (Lipinski definition) is 1. The molecular weight excluding hydrogens is 220 g/mol. The summed E-state index contributed by atoms with van der Waals surface area (Å²) in [7, 11) is 0. The molecule has 17 heavy (non-hydrogen) atoms. The van der Waals surface area contributed by atoms with Crippen LogP contribution in [0.3, 0.4) is 0 Å². The standard InChI is InChI=1S/C14H15F2N.H2/c1-9-2-4-10(5-3-9)11-6-13(15)12(8-17)14(16)7-11;/h6-7,9-10H,2-5H2,1H3;1H. The summed E-state index contributed by atoms with van der Waals surface area (Å²) in [5, 5.41) is 8.61. The maximum absolute atomic E-state index is 13.5. The first-order valence-electron chi connectivity index (χ1n) is 6.01. The summed E-state index contributed by atoms with van der Waals surface area (Å²) < 4.78 is 27.0. The Labute approximate surface area is 102 Å². The normalized spacial score (nSPS) is 24.4. The van der Waals surface area contributed by atoms with Crippen molar-refractivity contribution in [2.24, 2.45) is 5.92 Å². The highest BCUT2D eigenvalue weighted by Crippen LogP contribution is 2.36. The average Bonchev–Trinajstić information content (AvgIpc) is 2.29. The monoisotopic (exact) mass is 237 g/mol. The van der Waals surface area contributed by atoms with E-state index >= 15 is 0 Å². The van der Waals surface area contributed by atoms with Gasteiger partial charge in [0, 0.05) is 1.43 Å². The van der Waals surface area contributed by atoms with Crippen LogP contribution in [0.5, 0.6) is 0 Å². The zero-order valence-electron chi connectivity index (χ0n) is 9.84. The van der Waals surface area contributed by atoms with Gasteiger partial charge in [-0.1, -0.05) is 19.8 Å². The molecule has 0 amide bonds. The lowest BCUT2D eigenvalue weighted by Gasteiger charge is -2.26. The molecule has 0 aromatic heterocycles. The minimum atomic E-state index is -0.735. The van der Waals surface area contributed by atoms with Crippen LogP contribution in [-0.4, -0.2) is 0 Å². The second kappa shape index (κ2) is 4.83. The van der Waals surface area contributed by atoms with Gasteiger partial charge in [0.1, 0.15) is 23.3 Å². The van der Waals surface area contributed by atoms with Crippen LogP contribution in [0.4, 0.5) is 8.78 Å². The van der Waals surface area contributed by atoms with Gasteiger partial charge in [0.2, 0.25) is 0 Å². The van der Waals surface area contributed by atoms with E-state index in [0.717, 1.165) is 25.7 Å². The van der Waals surface area contributed by atoms with E-state index in [9.17, 15) is 8.78 Å². The van der Waals surface area contributed by atoms with E-state index in [-0.39, 0.29) is 7.34 Å². The summed E-state index contributed by atoms with van der Waals surface area (Å²) in [5.74, 6) is -0.524. The first-order valence-corrected chi connectivity index (χ1v) is 6.01. The van der Waals surface area contributed by atoms with Crippen molar-refractivity contribution in [2.75, 3.05) is 0 Å².